The topological polar surface area (TPSA) is 131 Å². The summed E-state index contributed by atoms with van der Waals surface area (Å²) in [6.45, 7) is -0.166. The Morgan fingerprint density at radius 2 is 1.50 bits per heavy atom. The summed E-state index contributed by atoms with van der Waals surface area (Å²) in [4.78, 5) is 60.3. The molecule has 3 aromatic rings. The number of furan rings is 1. The van der Waals surface area contributed by atoms with Crippen LogP contribution in [-0.2, 0) is 16.1 Å². The van der Waals surface area contributed by atoms with Gasteiger partial charge in [0.15, 0.2) is 17.3 Å². The van der Waals surface area contributed by atoms with Gasteiger partial charge in [-0.25, -0.2) is 0 Å². The Kier molecular flexibility index (Phi) is 6.88. The molecule has 0 saturated heterocycles. The summed E-state index contributed by atoms with van der Waals surface area (Å²) in [5.74, 6) is -4.36. The minimum atomic E-state index is -1.32. The maximum atomic E-state index is 12.6. The van der Waals surface area contributed by atoms with Crippen molar-refractivity contribution in [3.05, 3.63) is 93.9 Å². The minimum absolute atomic E-state index is 0. The molecule has 1 aliphatic rings. The molecule has 154 valence electrons. The number of carbonyl (C=O) groups is 5. The number of hydrogen-bond acceptors (Lipinski definition) is 8. The summed E-state index contributed by atoms with van der Waals surface area (Å²) in [5.41, 5.74) is 0.904. The second kappa shape index (κ2) is 9.44. The predicted molar refractivity (Wildman–Crippen MR) is 102 cm³/mol. The first kappa shape index (κ1) is 23.3. The van der Waals surface area contributed by atoms with Crippen LogP contribution in [0.15, 0.2) is 59.0 Å². The fourth-order valence-electron chi connectivity index (χ4n) is 3.18. The predicted octanol–water partition coefficient (Wildman–Crippen LogP) is -1.26. The Hall–Kier alpha value is -3.33. The minimum Gasteiger partial charge on any atom is -0.545 e. The molecule has 0 N–H and O–H groups in total. The van der Waals surface area contributed by atoms with Gasteiger partial charge in [0.2, 0.25) is 11.6 Å². The van der Waals surface area contributed by atoms with Crippen LogP contribution < -0.4 is 34.7 Å². The molecule has 0 unspecified atom stereocenters. The SMILES string of the molecule is O=C(CC(=O)c1cc2c(o1)C(=O)c1ccccc1C2=O)OCc1ccc(C(=O)[O-])cc1.[Na+]. The molecule has 1 heterocycles. The van der Waals surface area contributed by atoms with Crippen LogP contribution in [0, 0.1) is 0 Å². The standard InChI is InChI=1S/C23H14O8.Na/c24-17(10-19(25)30-11-12-5-7-13(8-6-12)23(28)29)18-9-16-20(26)14-3-1-2-4-15(14)21(27)22(16)31-18;/h1-9H,10-11H2,(H,28,29);/q;+1/p-1. The van der Waals surface area contributed by atoms with Gasteiger partial charge >= 0.3 is 35.5 Å². The molecule has 0 fully saturated rings. The first-order chi connectivity index (χ1) is 14.8. The largest absolute Gasteiger partial charge is 1.00 e. The van der Waals surface area contributed by atoms with Gasteiger partial charge in [0.25, 0.3) is 0 Å². The van der Waals surface area contributed by atoms with Crippen LogP contribution in [0.5, 0.6) is 0 Å². The van der Waals surface area contributed by atoms with Crippen LogP contribution in [0.4, 0.5) is 0 Å². The van der Waals surface area contributed by atoms with Crippen molar-refractivity contribution in [1.29, 1.82) is 0 Å². The van der Waals surface area contributed by atoms with Gasteiger partial charge in [-0.2, -0.15) is 0 Å². The Bertz CT molecular complexity index is 1200. The van der Waals surface area contributed by atoms with E-state index in [9.17, 15) is 29.1 Å². The maximum Gasteiger partial charge on any atom is 1.00 e. The fraction of sp³-hybridized carbons (Fsp3) is 0.0870. The van der Waals surface area contributed by atoms with Gasteiger partial charge in [-0.3, -0.25) is 19.2 Å². The average Bonchev–Trinajstić information content (AvgIpc) is 3.22. The van der Waals surface area contributed by atoms with Crippen molar-refractivity contribution in [2.24, 2.45) is 0 Å². The molecular formula is C23H13NaO8. The van der Waals surface area contributed by atoms with Gasteiger partial charge in [-0.05, 0) is 17.2 Å². The van der Waals surface area contributed by atoms with E-state index in [1.807, 2.05) is 0 Å². The molecule has 0 radical (unpaired) electrons. The Morgan fingerprint density at radius 1 is 0.875 bits per heavy atom. The van der Waals surface area contributed by atoms with Crippen molar-refractivity contribution < 1.29 is 67.8 Å². The molecule has 4 rings (SSSR count). The van der Waals surface area contributed by atoms with Gasteiger partial charge < -0.3 is 19.1 Å². The number of fused-ring (bicyclic) bond motifs is 2. The molecule has 0 bridgehead atoms. The monoisotopic (exact) mass is 440 g/mol. The summed E-state index contributed by atoms with van der Waals surface area (Å²) in [6.07, 6.45) is -0.654. The van der Waals surface area contributed by atoms with Crippen LogP contribution in [0.25, 0.3) is 0 Å². The van der Waals surface area contributed by atoms with E-state index in [1.165, 1.54) is 42.5 Å². The van der Waals surface area contributed by atoms with E-state index in [1.54, 1.807) is 12.1 Å². The number of hydrogen-bond donors (Lipinski definition) is 0. The zero-order valence-corrected chi connectivity index (χ0v) is 18.9. The van der Waals surface area contributed by atoms with Crippen molar-refractivity contribution in [2.45, 2.75) is 13.0 Å². The molecule has 0 saturated carbocycles. The number of carboxylic acid groups (broad SMARTS) is 1. The molecule has 8 nitrogen and oxygen atoms in total. The van der Waals surface area contributed by atoms with Crippen molar-refractivity contribution in [1.82, 2.24) is 0 Å². The Morgan fingerprint density at radius 3 is 2.12 bits per heavy atom. The molecule has 0 amide bonds. The van der Waals surface area contributed by atoms with E-state index >= 15 is 0 Å². The number of aromatic carboxylic acids is 1. The normalized spacial score (nSPS) is 11.8. The number of benzene rings is 2. The molecule has 0 spiro atoms. The molecule has 0 aliphatic heterocycles. The second-order valence-electron chi connectivity index (χ2n) is 6.80. The third-order valence-corrected chi connectivity index (χ3v) is 4.77. The van der Waals surface area contributed by atoms with Crippen LogP contribution in [0.2, 0.25) is 0 Å². The molecule has 32 heavy (non-hydrogen) atoms. The van der Waals surface area contributed by atoms with Gasteiger partial charge in [-0.1, -0.05) is 48.5 Å². The first-order valence-corrected chi connectivity index (χ1v) is 9.16. The van der Waals surface area contributed by atoms with Gasteiger partial charge in [0.1, 0.15) is 13.0 Å². The van der Waals surface area contributed by atoms with Crippen molar-refractivity contribution in [2.75, 3.05) is 0 Å². The third kappa shape index (κ3) is 4.47. The van der Waals surface area contributed by atoms with Gasteiger partial charge in [0.05, 0.1) is 11.5 Å². The number of Topliss-reactive ketones (excluding diaryl/α,β-unsaturated/α-hetero) is 1. The van der Waals surface area contributed by atoms with E-state index < -0.39 is 35.7 Å². The molecule has 2 aromatic carbocycles. The summed E-state index contributed by atoms with van der Waals surface area (Å²) >= 11 is 0. The van der Waals surface area contributed by atoms with Crippen LogP contribution >= 0.6 is 0 Å². The average molecular weight is 440 g/mol. The zero-order chi connectivity index (χ0) is 22.1. The van der Waals surface area contributed by atoms with Crippen LogP contribution in [-0.4, -0.2) is 29.3 Å². The molecule has 1 aliphatic carbocycles. The zero-order valence-electron chi connectivity index (χ0n) is 16.9. The van der Waals surface area contributed by atoms with E-state index in [0.29, 0.717) is 5.56 Å². The van der Waals surface area contributed by atoms with Gasteiger partial charge in [0, 0.05) is 11.1 Å². The van der Waals surface area contributed by atoms with E-state index in [0.717, 1.165) is 0 Å². The van der Waals surface area contributed by atoms with E-state index in [4.69, 9.17) is 9.15 Å². The van der Waals surface area contributed by atoms with Crippen molar-refractivity contribution in [3.8, 4) is 0 Å². The fourth-order valence-corrected chi connectivity index (χ4v) is 3.18. The summed E-state index contributed by atoms with van der Waals surface area (Å²) in [6, 6.07) is 13.0. The Labute approximate surface area is 203 Å². The summed E-state index contributed by atoms with van der Waals surface area (Å²) in [7, 11) is 0. The quantitative estimate of drug-likeness (QED) is 0.157. The number of carbonyl (C=O) groups excluding carboxylic acids is 5. The number of rotatable bonds is 6. The number of ether oxygens (including phenoxy) is 1. The molecule has 1 aromatic heterocycles. The number of carboxylic acids is 1. The van der Waals surface area contributed by atoms with E-state index in [2.05, 4.69) is 0 Å². The second-order valence-corrected chi connectivity index (χ2v) is 6.80. The molecule has 0 atom stereocenters. The maximum absolute atomic E-state index is 12.6. The molecule has 9 heteroatoms. The number of ketones is 3. The third-order valence-electron chi connectivity index (χ3n) is 4.77. The van der Waals surface area contributed by atoms with Gasteiger partial charge in [-0.15, -0.1) is 0 Å². The van der Waals surface area contributed by atoms with Crippen LogP contribution in [0.1, 0.15) is 64.9 Å². The smallest absolute Gasteiger partial charge is 0.545 e. The summed E-state index contributed by atoms with van der Waals surface area (Å²) in [5, 5.41) is 10.7. The van der Waals surface area contributed by atoms with Crippen LogP contribution in [0.3, 0.4) is 0 Å². The number of esters is 1. The van der Waals surface area contributed by atoms with Crippen molar-refractivity contribution >= 4 is 29.3 Å². The summed E-state index contributed by atoms with van der Waals surface area (Å²) < 4.78 is 10.3. The Balaban J connectivity index is 0.00000289. The molecular weight excluding hydrogens is 427 g/mol. The van der Waals surface area contributed by atoms with Crippen molar-refractivity contribution in [3.63, 3.8) is 0 Å². The first-order valence-electron chi connectivity index (χ1n) is 9.16. The van der Waals surface area contributed by atoms with E-state index in [-0.39, 0.29) is 69.9 Å².